The molecule has 0 heterocycles. The number of anilines is 2. The van der Waals surface area contributed by atoms with Crippen LogP contribution in [-0.2, 0) is 0 Å². The standard InChI is InChI=1S/C40H42N2/c1-3-13-31(14-4-1)39(32-15-5-2-6-16-32)21-11-12-22-40(33-23-27-37(28-24-33)41-35-17-7-8-18-35)34-25-29-38(30-26-34)42-36-19-9-10-20-36/h1-6,11-16,21-30,35-36,41-42H,7-10,17-20H2. The molecule has 0 saturated heterocycles. The third-order valence-electron chi connectivity index (χ3n) is 8.65. The van der Waals surface area contributed by atoms with Crippen molar-refractivity contribution in [3.63, 3.8) is 0 Å². The molecule has 0 aromatic heterocycles. The van der Waals surface area contributed by atoms with Crippen LogP contribution < -0.4 is 10.6 Å². The molecule has 2 fully saturated rings. The van der Waals surface area contributed by atoms with Crippen molar-refractivity contribution < 1.29 is 0 Å². The van der Waals surface area contributed by atoms with Crippen LogP contribution in [0.4, 0.5) is 11.4 Å². The summed E-state index contributed by atoms with van der Waals surface area (Å²) in [5.74, 6) is 0. The van der Waals surface area contributed by atoms with E-state index in [-0.39, 0.29) is 0 Å². The van der Waals surface area contributed by atoms with Crippen molar-refractivity contribution in [2.45, 2.75) is 63.5 Å². The molecule has 2 aliphatic rings. The minimum Gasteiger partial charge on any atom is -0.382 e. The first kappa shape index (κ1) is 27.8. The van der Waals surface area contributed by atoms with Gasteiger partial charge in [0.2, 0.25) is 0 Å². The quantitative estimate of drug-likeness (QED) is 0.192. The molecule has 2 heteroatoms. The molecule has 0 atom stereocenters. The number of rotatable bonds is 10. The number of benzene rings is 4. The Kier molecular flexibility index (Phi) is 9.32. The molecule has 0 amide bonds. The maximum absolute atomic E-state index is 3.73. The zero-order chi connectivity index (χ0) is 28.4. The van der Waals surface area contributed by atoms with Gasteiger partial charge in [-0.1, -0.05) is 135 Å². The van der Waals surface area contributed by atoms with Crippen molar-refractivity contribution in [2.24, 2.45) is 0 Å². The Morgan fingerprint density at radius 3 is 1.12 bits per heavy atom. The number of allylic oxidation sites excluding steroid dienone is 4. The second-order valence-corrected chi connectivity index (χ2v) is 11.7. The van der Waals surface area contributed by atoms with Gasteiger partial charge in [-0.05, 0) is 83.3 Å². The Balaban J connectivity index is 1.28. The lowest BCUT2D eigenvalue weighted by molar-refractivity contribution is 0.755. The monoisotopic (exact) mass is 550 g/mol. The van der Waals surface area contributed by atoms with Crippen LogP contribution >= 0.6 is 0 Å². The van der Waals surface area contributed by atoms with Crippen molar-refractivity contribution >= 4 is 22.5 Å². The first-order chi connectivity index (χ1) is 20.8. The van der Waals surface area contributed by atoms with E-state index in [4.69, 9.17) is 0 Å². The molecule has 2 nitrogen and oxygen atoms in total. The van der Waals surface area contributed by atoms with Crippen LogP contribution in [0.3, 0.4) is 0 Å². The van der Waals surface area contributed by atoms with E-state index in [9.17, 15) is 0 Å². The van der Waals surface area contributed by atoms with Gasteiger partial charge in [0.25, 0.3) is 0 Å². The molecular weight excluding hydrogens is 508 g/mol. The van der Waals surface area contributed by atoms with E-state index < -0.39 is 0 Å². The summed E-state index contributed by atoms with van der Waals surface area (Å²) in [5, 5.41) is 7.47. The fraction of sp³-hybridized carbons (Fsp3) is 0.250. The normalized spacial score (nSPS) is 15.5. The molecule has 2 saturated carbocycles. The average Bonchev–Trinajstić information content (AvgIpc) is 3.76. The van der Waals surface area contributed by atoms with Crippen LogP contribution in [0, 0.1) is 0 Å². The van der Waals surface area contributed by atoms with Gasteiger partial charge in [-0.2, -0.15) is 0 Å². The summed E-state index contributed by atoms with van der Waals surface area (Å²) in [6.45, 7) is 0. The topological polar surface area (TPSA) is 24.1 Å². The second kappa shape index (κ2) is 14.0. The molecule has 0 radical (unpaired) electrons. The van der Waals surface area contributed by atoms with Gasteiger partial charge in [0.15, 0.2) is 0 Å². The summed E-state index contributed by atoms with van der Waals surface area (Å²) < 4.78 is 0. The molecule has 0 unspecified atom stereocenters. The number of nitrogens with one attached hydrogen (secondary N) is 2. The Morgan fingerprint density at radius 2 is 0.762 bits per heavy atom. The Bertz CT molecular complexity index is 1380. The zero-order valence-corrected chi connectivity index (χ0v) is 24.5. The molecule has 42 heavy (non-hydrogen) atoms. The van der Waals surface area contributed by atoms with E-state index in [1.807, 2.05) is 0 Å². The van der Waals surface area contributed by atoms with E-state index in [1.165, 1.54) is 96.1 Å². The molecule has 4 aromatic rings. The summed E-state index contributed by atoms with van der Waals surface area (Å²) in [4.78, 5) is 0. The predicted molar refractivity (Wildman–Crippen MR) is 181 cm³/mol. The van der Waals surface area contributed by atoms with E-state index in [1.54, 1.807) is 0 Å². The van der Waals surface area contributed by atoms with Gasteiger partial charge in [-0.3, -0.25) is 0 Å². The lowest BCUT2D eigenvalue weighted by Crippen LogP contribution is -2.14. The Hall–Kier alpha value is -4.30. The molecule has 0 aliphatic heterocycles. The fourth-order valence-corrected chi connectivity index (χ4v) is 6.36. The van der Waals surface area contributed by atoms with Crippen LogP contribution in [0.25, 0.3) is 11.1 Å². The predicted octanol–water partition coefficient (Wildman–Crippen LogP) is 10.5. The summed E-state index contributed by atoms with van der Waals surface area (Å²) in [6, 6.07) is 40.5. The van der Waals surface area contributed by atoms with Gasteiger partial charge in [0.1, 0.15) is 0 Å². The Labute approximate surface area is 251 Å². The molecule has 0 bridgehead atoms. The number of hydrogen-bond acceptors (Lipinski definition) is 2. The summed E-state index contributed by atoms with van der Waals surface area (Å²) in [5.41, 5.74) is 9.76. The lowest BCUT2D eigenvalue weighted by Gasteiger charge is -2.16. The average molecular weight is 551 g/mol. The summed E-state index contributed by atoms with van der Waals surface area (Å²) >= 11 is 0. The highest BCUT2D eigenvalue weighted by molar-refractivity contribution is 5.83. The third kappa shape index (κ3) is 7.31. The smallest absolute Gasteiger partial charge is 0.0342 e. The van der Waals surface area contributed by atoms with Crippen molar-refractivity contribution in [3.8, 4) is 0 Å². The van der Waals surface area contributed by atoms with Crippen LogP contribution in [0.2, 0.25) is 0 Å². The maximum Gasteiger partial charge on any atom is 0.0342 e. The molecule has 4 aromatic carbocycles. The largest absolute Gasteiger partial charge is 0.382 e. The van der Waals surface area contributed by atoms with E-state index in [0.717, 1.165) is 0 Å². The van der Waals surface area contributed by atoms with Gasteiger partial charge in [0.05, 0.1) is 0 Å². The molecular formula is C40H42N2. The van der Waals surface area contributed by atoms with Gasteiger partial charge in [-0.25, -0.2) is 0 Å². The van der Waals surface area contributed by atoms with Crippen LogP contribution in [0.1, 0.15) is 73.6 Å². The number of hydrogen-bond donors (Lipinski definition) is 2. The summed E-state index contributed by atoms with van der Waals surface area (Å²) in [7, 11) is 0. The highest BCUT2D eigenvalue weighted by Crippen LogP contribution is 2.29. The lowest BCUT2D eigenvalue weighted by atomic mass is 9.96. The van der Waals surface area contributed by atoms with Crippen LogP contribution in [0.5, 0.6) is 0 Å². The Morgan fingerprint density at radius 1 is 0.429 bits per heavy atom. The van der Waals surface area contributed by atoms with Gasteiger partial charge in [0, 0.05) is 23.5 Å². The molecule has 2 aliphatic carbocycles. The minimum absolute atomic E-state index is 0.615. The van der Waals surface area contributed by atoms with Gasteiger partial charge in [-0.15, -0.1) is 0 Å². The summed E-state index contributed by atoms with van der Waals surface area (Å²) in [6.07, 6.45) is 19.3. The van der Waals surface area contributed by atoms with E-state index >= 15 is 0 Å². The third-order valence-corrected chi connectivity index (χ3v) is 8.65. The van der Waals surface area contributed by atoms with Crippen molar-refractivity contribution in [2.75, 3.05) is 10.6 Å². The van der Waals surface area contributed by atoms with Crippen molar-refractivity contribution in [1.29, 1.82) is 0 Å². The van der Waals surface area contributed by atoms with Gasteiger partial charge < -0.3 is 10.6 Å². The second-order valence-electron chi connectivity index (χ2n) is 11.7. The van der Waals surface area contributed by atoms with Gasteiger partial charge >= 0.3 is 0 Å². The fourth-order valence-electron chi connectivity index (χ4n) is 6.36. The van der Waals surface area contributed by atoms with Crippen molar-refractivity contribution in [1.82, 2.24) is 0 Å². The molecule has 6 rings (SSSR count). The SMILES string of the molecule is C(=CC=C(c1ccc(NC2CCCC2)cc1)c1ccc(NC2CCCC2)cc1)C=C(c1ccccc1)c1ccccc1. The molecule has 212 valence electrons. The van der Waals surface area contributed by atoms with Crippen LogP contribution in [-0.4, -0.2) is 12.1 Å². The van der Waals surface area contributed by atoms with Crippen LogP contribution in [0.15, 0.2) is 133 Å². The minimum atomic E-state index is 0.615. The molecule has 0 spiro atoms. The first-order valence-electron chi connectivity index (χ1n) is 15.8. The van der Waals surface area contributed by atoms with E-state index in [2.05, 4.69) is 144 Å². The van der Waals surface area contributed by atoms with Crippen molar-refractivity contribution in [3.05, 3.63) is 156 Å². The highest BCUT2D eigenvalue weighted by Gasteiger charge is 2.16. The maximum atomic E-state index is 3.73. The first-order valence-corrected chi connectivity index (χ1v) is 15.8. The van der Waals surface area contributed by atoms with E-state index in [0.29, 0.717) is 12.1 Å². The zero-order valence-electron chi connectivity index (χ0n) is 24.5. The highest BCUT2D eigenvalue weighted by atomic mass is 14.9. The molecule has 2 N–H and O–H groups in total.